The summed E-state index contributed by atoms with van der Waals surface area (Å²) >= 11 is 5.73. The second-order valence-corrected chi connectivity index (χ2v) is 5.41. The summed E-state index contributed by atoms with van der Waals surface area (Å²) in [6.45, 7) is 1.68. The van der Waals surface area contributed by atoms with Gasteiger partial charge in [-0.2, -0.15) is 0 Å². The van der Waals surface area contributed by atoms with Gasteiger partial charge in [0.15, 0.2) is 0 Å². The zero-order valence-corrected chi connectivity index (χ0v) is 11.6. The molecule has 1 amide bonds. The fraction of sp³-hybridized carbons (Fsp3) is 0.615. The Morgan fingerprint density at radius 2 is 2.16 bits per heavy atom. The molecule has 0 aromatic carbocycles. The summed E-state index contributed by atoms with van der Waals surface area (Å²) in [5, 5.41) is 2.47. The molecule has 1 saturated carbocycles. The number of rotatable bonds is 4. The van der Waals surface area contributed by atoms with E-state index in [1.165, 1.54) is 0 Å². The standard InChI is InChI=1S/C13H18ClN3O2/c1-9(14)13(18)17-10-2-4-11(5-3-10)19-12-8-15-6-7-16-12/h6-11H,2-5H2,1H3,(H,17,18). The summed E-state index contributed by atoms with van der Waals surface area (Å²) in [4.78, 5) is 19.5. The van der Waals surface area contributed by atoms with Crippen LogP contribution in [-0.2, 0) is 4.79 Å². The van der Waals surface area contributed by atoms with Gasteiger partial charge < -0.3 is 10.1 Å². The number of amides is 1. The minimum atomic E-state index is -0.478. The molecule has 0 bridgehead atoms. The second-order valence-electron chi connectivity index (χ2n) is 4.76. The highest BCUT2D eigenvalue weighted by molar-refractivity contribution is 6.30. The van der Waals surface area contributed by atoms with Gasteiger partial charge in [-0.3, -0.25) is 9.78 Å². The smallest absolute Gasteiger partial charge is 0.237 e. The van der Waals surface area contributed by atoms with E-state index in [0.717, 1.165) is 25.7 Å². The number of nitrogens with one attached hydrogen (secondary N) is 1. The van der Waals surface area contributed by atoms with Gasteiger partial charge in [0, 0.05) is 18.4 Å². The molecule has 0 saturated heterocycles. The highest BCUT2D eigenvalue weighted by Gasteiger charge is 2.24. The van der Waals surface area contributed by atoms with Crippen molar-refractivity contribution in [2.75, 3.05) is 0 Å². The maximum absolute atomic E-state index is 11.5. The summed E-state index contributed by atoms with van der Waals surface area (Å²) in [6.07, 6.45) is 8.61. The zero-order valence-electron chi connectivity index (χ0n) is 10.9. The van der Waals surface area contributed by atoms with Crippen LogP contribution >= 0.6 is 11.6 Å². The van der Waals surface area contributed by atoms with Crippen molar-refractivity contribution in [2.45, 2.75) is 50.1 Å². The van der Waals surface area contributed by atoms with Gasteiger partial charge in [0.05, 0.1) is 6.20 Å². The second kappa shape index (κ2) is 6.70. The van der Waals surface area contributed by atoms with Gasteiger partial charge in [-0.05, 0) is 32.6 Å². The predicted molar refractivity (Wildman–Crippen MR) is 72.2 cm³/mol. The van der Waals surface area contributed by atoms with Crippen LogP contribution < -0.4 is 10.1 Å². The topological polar surface area (TPSA) is 64.1 Å². The van der Waals surface area contributed by atoms with Gasteiger partial charge in [0.25, 0.3) is 0 Å². The first-order valence-electron chi connectivity index (χ1n) is 6.52. The number of alkyl halides is 1. The maximum atomic E-state index is 11.5. The molecule has 0 spiro atoms. The number of nitrogens with zero attached hydrogens (tertiary/aromatic N) is 2. The van der Waals surface area contributed by atoms with Gasteiger partial charge in [0.1, 0.15) is 11.5 Å². The van der Waals surface area contributed by atoms with Crippen molar-refractivity contribution in [3.05, 3.63) is 18.6 Å². The number of aromatic nitrogens is 2. The number of carbonyl (C=O) groups excluding carboxylic acids is 1. The van der Waals surface area contributed by atoms with Crippen molar-refractivity contribution in [3.8, 4) is 5.88 Å². The molecular weight excluding hydrogens is 266 g/mol. The molecule has 1 aromatic rings. The van der Waals surface area contributed by atoms with E-state index in [0.29, 0.717) is 5.88 Å². The van der Waals surface area contributed by atoms with Crippen molar-refractivity contribution >= 4 is 17.5 Å². The zero-order chi connectivity index (χ0) is 13.7. The Morgan fingerprint density at radius 1 is 1.42 bits per heavy atom. The first kappa shape index (κ1) is 14.1. The largest absolute Gasteiger partial charge is 0.473 e. The molecular formula is C13H18ClN3O2. The SMILES string of the molecule is CC(Cl)C(=O)NC1CCC(Oc2cnccn2)CC1. The third-order valence-electron chi connectivity index (χ3n) is 3.21. The van der Waals surface area contributed by atoms with Crippen molar-refractivity contribution in [3.63, 3.8) is 0 Å². The van der Waals surface area contributed by atoms with E-state index in [1.54, 1.807) is 25.5 Å². The van der Waals surface area contributed by atoms with E-state index < -0.39 is 5.38 Å². The van der Waals surface area contributed by atoms with Crippen molar-refractivity contribution in [1.82, 2.24) is 15.3 Å². The van der Waals surface area contributed by atoms with Crippen LogP contribution in [0.5, 0.6) is 5.88 Å². The van der Waals surface area contributed by atoms with E-state index in [4.69, 9.17) is 16.3 Å². The van der Waals surface area contributed by atoms with Crippen molar-refractivity contribution in [1.29, 1.82) is 0 Å². The maximum Gasteiger partial charge on any atom is 0.237 e. The first-order valence-corrected chi connectivity index (χ1v) is 6.96. The quantitative estimate of drug-likeness (QED) is 0.858. The summed E-state index contributed by atoms with van der Waals surface area (Å²) in [5.74, 6) is 0.462. The van der Waals surface area contributed by atoms with Gasteiger partial charge in [0.2, 0.25) is 11.8 Å². The number of carbonyl (C=O) groups is 1. The van der Waals surface area contributed by atoms with E-state index in [-0.39, 0.29) is 18.1 Å². The molecule has 5 nitrogen and oxygen atoms in total. The van der Waals surface area contributed by atoms with Crippen LogP contribution in [0.25, 0.3) is 0 Å². The first-order chi connectivity index (χ1) is 9.15. The lowest BCUT2D eigenvalue weighted by Crippen LogP contribution is -2.42. The van der Waals surface area contributed by atoms with Crippen LogP contribution in [0.4, 0.5) is 0 Å². The fourth-order valence-corrected chi connectivity index (χ4v) is 2.22. The van der Waals surface area contributed by atoms with E-state index in [9.17, 15) is 4.79 Å². The Labute approximate surface area is 117 Å². The number of ether oxygens (including phenoxy) is 1. The number of halogens is 1. The van der Waals surface area contributed by atoms with Gasteiger partial charge in [-0.25, -0.2) is 4.98 Å². The molecule has 1 fully saturated rings. The molecule has 2 rings (SSSR count). The molecule has 0 aliphatic heterocycles. The lowest BCUT2D eigenvalue weighted by Gasteiger charge is -2.29. The van der Waals surface area contributed by atoms with Crippen LogP contribution in [0.2, 0.25) is 0 Å². The lowest BCUT2D eigenvalue weighted by molar-refractivity contribution is -0.121. The molecule has 6 heteroatoms. The molecule has 1 aliphatic rings. The van der Waals surface area contributed by atoms with Crippen LogP contribution in [-0.4, -0.2) is 33.4 Å². The molecule has 1 atom stereocenters. The van der Waals surface area contributed by atoms with Crippen LogP contribution in [0.3, 0.4) is 0 Å². The van der Waals surface area contributed by atoms with E-state index >= 15 is 0 Å². The van der Waals surface area contributed by atoms with Crippen molar-refractivity contribution in [2.24, 2.45) is 0 Å². The summed E-state index contributed by atoms with van der Waals surface area (Å²) < 4.78 is 5.74. The summed E-state index contributed by atoms with van der Waals surface area (Å²) in [5.41, 5.74) is 0. The minimum Gasteiger partial charge on any atom is -0.473 e. The monoisotopic (exact) mass is 283 g/mol. The van der Waals surface area contributed by atoms with Crippen LogP contribution in [0.1, 0.15) is 32.6 Å². The predicted octanol–water partition coefficient (Wildman–Crippen LogP) is 1.91. The lowest BCUT2D eigenvalue weighted by atomic mass is 9.93. The summed E-state index contributed by atoms with van der Waals surface area (Å²) in [7, 11) is 0. The minimum absolute atomic E-state index is 0.0973. The molecule has 1 heterocycles. The van der Waals surface area contributed by atoms with Gasteiger partial charge >= 0.3 is 0 Å². The normalized spacial score (nSPS) is 24.5. The Bertz CT molecular complexity index is 406. The number of hydrogen-bond donors (Lipinski definition) is 1. The third kappa shape index (κ3) is 4.35. The Kier molecular flexibility index (Phi) is 4.96. The van der Waals surface area contributed by atoms with E-state index in [2.05, 4.69) is 15.3 Å². The molecule has 1 N–H and O–H groups in total. The number of hydrogen-bond acceptors (Lipinski definition) is 4. The fourth-order valence-electron chi connectivity index (χ4n) is 2.16. The van der Waals surface area contributed by atoms with Crippen LogP contribution in [0, 0.1) is 0 Å². The Morgan fingerprint density at radius 3 is 2.74 bits per heavy atom. The molecule has 1 aliphatic carbocycles. The van der Waals surface area contributed by atoms with E-state index in [1.807, 2.05) is 0 Å². The Hall–Kier alpha value is -1.36. The average Bonchev–Trinajstić information content (AvgIpc) is 2.42. The Balaban J connectivity index is 1.75. The average molecular weight is 284 g/mol. The highest BCUT2D eigenvalue weighted by atomic mass is 35.5. The highest BCUT2D eigenvalue weighted by Crippen LogP contribution is 2.22. The molecule has 1 unspecified atom stereocenters. The van der Waals surface area contributed by atoms with Crippen molar-refractivity contribution < 1.29 is 9.53 Å². The summed E-state index contributed by atoms with van der Waals surface area (Å²) in [6, 6.07) is 0.204. The third-order valence-corrected chi connectivity index (χ3v) is 3.41. The molecule has 0 radical (unpaired) electrons. The van der Waals surface area contributed by atoms with Crippen LogP contribution in [0.15, 0.2) is 18.6 Å². The molecule has 104 valence electrons. The molecule has 19 heavy (non-hydrogen) atoms. The molecule has 1 aromatic heterocycles. The van der Waals surface area contributed by atoms with Gasteiger partial charge in [-0.1, -0.05) is 0 Å². The van der Waals surface area contributed by atoms with Gasteiger partial charge in [-0.15, -0.1) is 11.6 Å².